The first-order chi connectivity index (χ1) is 13.9. The van der Waals surface area contributed by atoms with Crippen molar-refractivity contribution in [2.24, 2.45) is 0 Å². The van der Waals surface area contributed by atoms with E-state index in [1.807, 2.05) is 88.7 Å². The average molecular weight is 530 g/mol. The Hall–Kier alpha value is -2.02. The Morgan fingerprint density at radius 3 is 1.69 bits per heavy atom. The van der Waals surface area contributed by atoms with Crippen molar-refractivity contribution >= 4 is 34.0 Å². The Labute approximate surface area is 182 Å². The number of hydrogen-bond donors (Lipinski definition) is 0. The van der Waals surface area contributed by atoms with Crippen molar-refractivity contribution in [1.82, 2.24) is 20.2 Å². The molecule has 0 aliphatic carbocycles. The number of halogens is 2. The van der Waals surface area contributed by atoms with Gasteiger partial charge in [0, 0.05) is 17.3 Å². The number of hydrogen-bond acceptors (Lipinski definition) is 4. The standard InChI is InChI=1S/C20H14N4.2CH3.2ClH.Sn/c1-3-9-15(10-4-1)18-19(16-11-5-2-6-12-16)23-24-20(22-18)17-13-7-8-14-21-17;;;;;/h1-14H;2*1H3;2*1H;/q;;;;;+2/p-2. The van der Waals surface area contributed by atoms with E-state index < -0.39 is 16.1 Å². The average Bonchev–Trinajstić information content (AvgIpc) is 2.74. The molecule has 0 spiro atoms. The zero-order valence-electron chi connectivity index (χ0n) is 16.1. The maximum absolute atomic E-state index is 5.51. The van der Waals surface area contributed by atoms with Crippen LogP contribution < -0.4 is 0 Å². The molecular weight excluding hydrogens is 510 g/mol. The zero-order valence-corrected chi connectivity index (χ0v) is 20.5. The van der Waals surface area contributed by atoms with Crippen molar-refractivity contribution in [1.29, 1.82) is 0 Å². The summed E-state index contributed by atoms with van der Waals surface area (Å²) >= 11 is -2.24. The molecule has 0 atom stereocenters. The molecular formula is C22H20Cl2N4Sn. The molecule has 0 N–H and O–H groups in total. The van der Waals surface area contributed by atoms with E-state index in [4.69, 9.17) is 22.8 Å². The van der Waals surface area contributed by atoms with Crippen LogP contribution >= 0.6 is 17.8 Å². The van der Waals surface area contributed by atoms with Crippen LogP contribution in [-0.2, 0) is 0 Å². The molecule has 7 heteroatoms. The van der Waals surface area contributed by atoms with Crippen LogP contribution in [0.2, 0.25) is 9.88 Å². The van der Waals surface area contributed by atoms with Gasteiger partial charge in [-0.2, -0.15) is 0 Å². The Morgan fingerprint density at radius 2 is 1.17 bits per heavy atom. The predicted molar refractivity (Wildman–Crippen MR) is 123 cm³/mol. The largest absolute Gasteiger partial charge is 0.253 e. The van der Waals surface area contributed by atoms with Gasteiger partial charge in [0.05, 0.1) is 0 Å². The van der Waals surface area contributed by atoms with E-state index in [0.717, 1.165) is 22.5 Å². The molecule has 2 aromatic carbocycles. The van der Waals surface area contributed by atoms with Crippen LogP contribution in [0, 0.1) is 0 Å². The number of pyridine rings is 1. The van der Waals surface area contributed by atoms with E-state index in [0.29, 0.717) is 11.5 Å². The van der Waals surface area contributed by atoms with E-state index in [2.05, 4.69) is 15.2 Å². The molecule has 0 amide bonds. The van der Waals surface area contributed by atoms with Crippen LogP contribution in [0.1, 0.15) is 0 Å². The quantitative estimate of drug-likeness (QED) is 0.287. The Balaban J connectivity index is 0.000000431. The fourth-order valence-electron chi connectivity index (χ4n) is 2.52. The van der Waals surface area contributed by atoms with Crippen LogP contribution in [0.3, 0.4) is 0 Å². The molecule has 4 nitrogen and oxygen atoms in total. The van der Waals surface area contributed by atoms with Gasteiger partial charge in [0.25, 0.3) is 0 Å². The van der Waals surface area contributed by atoms with Crippen LogP contribution in [0.25, 0.3) is 34.0 Å². The first-order valence-electron chi connectivity index (χ1n) is 9.06. The van der Waals surface area contributed by atoms with Gasteiger partial charge in [-0.25, -0.2) is 4.98 Å². The maximum Gasteiger partial charge on any atom is 0.201 e. The minimum Gasteiger partial charge on any atom is -0.253 e. The van der Waals surface area contributed by atoms with E-state index >= 15 is 0 Å². The molecule has 0 unspecified atom stereocenters. The summed E-state index contributed by atoms with van der Waals surface area (Å²) in [5.74, 6) is 0.522. The molecule has 4 aromatic rings. The second-order valence-corrected chi connectivity index (χ2v) is 28.2. The molecule has 2 heterocycles. The first-order valence-corrected chi connectivity index (χ1v) is 22.0. The smallest absolute Gasteiger partial charge is 0.201 e. The minimum atomic E-state index is -2.24. The van der Waals surface area contributed by atoms with Gasteiger partial charge in [-0.15, -0.1) is 10.2 Å². The summed E-state index contributed by atoms with van der Waals surface area (Å²) in [4.78, 5) is 12.9. The summed E-state index contributed by atoms with van der Waals surface area (Å²) in [5.41, 5.74) is 4.27. The van der Waals surface area contributed by atoms with Crippen molar-refractivity contribution in [2.75, 3.05) is 0 Å². The molecule has 29 heavy (non-hydrogen) atoms. The van der Waals surface area contributed by atoms with Crippen molar-refractivity contribution < 1.29 is 0 Å². The molecule has 2 aromatic heterocycles. The SMILES string of the molecule is [CH3][Sn]([CH3])([Cl])[Cl].c1ccc(-c2nnc(-c3ccccn3)nc2-c2ccccc2)cc1. The van der Waals surface area contributed by atoms with E-state index in [1.165, 1.54) is 0 Å². The van der Waals surface area contributed by atoms with Crippen molar-refractivity contribution in [3.63, 3.8) is 0 Å². The van der Waals surface area contributed by atoms with Crippen molar-refractivity contribution in [3.8, 4) is 34.0 Å². The molecule has 146 valence electrons. The van der Waals surface area contributed by atoms with Crippen LogP contribution in [0.4, 0.5) is 0 Å². The topological polar surface area (TPSA) is 51.6 Å². The summed E-state index contributed by atoms with van der Waals surface area (Å²) in [7, 11) is 11.0. The molecule has 0 aliphatic heterocycles. The summed E-state index contributed by atoms with van der Waals surface area (Å²) in [6.45, 7) is 0. The van der Waals surface area contributed by atoms with Crippen molar-refractivity contribution in [3.05, 3.63) is 85.1 Å². The Kier molecular flexibility index (Phi) is 7.58. The van der Waals surface area contributed by atoms with Gasteiger partial charge in [-0.05, 0) is 12.1 Å². The van der Waals surface area contributed by atoms with Crippen LogP contribution in [-0.4, -0.2) is 36.3 Å². The van der Waals surface area contributed by atoms with Gasteiger partial charge in [-0.3, -0.25) is 4.98 Å². The molecule has 0 bridgehead atoms. The minimum absolute atomic E-state index is 0.522. The second kappa shape index (κ2) is 10.1. The first kappa shape index (κ1) is 21.7. The van der Waals surface area contributed by atoms with E-state index in [1.54, 1.807) is 6.20 Å². The van der Waals surface area contributed by atoms with Gasteiger partial charge >= 0.3 is 43.8 Å². The molecule has 0 saturated heterocycles. The van der Waals surface area contributed by atoms with Gasteiger partial charge in [0.15, 0.2) is 0 Å². The molecule has 0 radical (unpaired) electrons. The van der Waals surface area contributed by atoms with Crippen LogP contribution in [0.5, 0.6) is 0 Å². The number of aromatic nitrogens is 4. The second-order valence-electron chi connectivity index (χ2n) is 6.61. The summed E-state index contributed by atoms with van der Waals surface area (Å²) in [6.07, 6.45) is 1.73. The predicted octanol–water partition coefficient (Wildman–Crippen LogP) is 6.43. The third kappa shape index (κ3) is 6.77. The molecule has 4 rings (SSSR count). The summed E-state index contributed by atoms with van der Waals surface area (Å²) in [6, 6.07) is 25.7. The van der Waals surface area contributed by atoms with Crippen LogP contribution in [0.15, 0.2) is 85.1 Å². The van der Waals surface area contributed by atoms with E-state index in [9.17, 15) is 0 Å². The molecule has 0 fully saturated rings. The fourth-order valence-corrected chi connectivity index (χ4v) is 2.52. The fraction of sp³-hybridized carbons (Fsp3) is 0.0909. The van der Waals surface area contributed by atoms with E-state index in [-0.39, 0.29) is 0 Å². The van der Waals surface area contributed by atoms with Gasteiger partial charge in [0.2, 0.25) is 5.82 Å². The van der Waals surface area contributed by atoms with Gasteiger partial charge < -0.3 is 0 Å². The van der Waals surface area contributed by atoms with Gasteiger partial charge in [0.1, 0.15) is 17.1 Å². The number of rotatable bonds is 3. The third-order valence-electron chi connectivity index (χ3n) is 3.68. The summed E-state index contributed by atoms with van der Waals surface area (Å²) in [5, 5.41) is 8.74. The number of benzene rings is 2. The molecule has 0 aliphatic rings. The Morgan fingerprint density at radius 1 is 0.655 bits per heavy atom. The normalized spacial score (nSPS) is 10.8. The zero-order chi connectivity index (χ0) is 20.7. The van der Waals surface area contributed by atoms with Gasteiger partial charge in [-0.1, -0.05) is 66.7 Å². The summed E-state index contributed by atoms with van der Waals surface area (Å²) < 4.78 is 0. The number of nitrogens with zero attached hydrogens (tertiary/aromatic N) is 4. The maximum atomic E-state index is 5.51. The molecule has 0 saturated carbocycles. The third-order valence-corrected chi connectivity index (χ3v) is 3.68. The monoisotopic (exact) mass is 530 g/mol. The Bertz CT molecular complexity index is 1030. The van der Waals surface area contributed by atoms with Crippen molar-refractivity contribution in [2.45, 2.75) is 9.88 Å².